The van der Waals surface area contributed by atoms with E-state index in [2.05, 4.69) is 12.0 Å². The van der Waals surface area contributed by atoms with Crippen LogP contribution in [0.4, 0.5) is 0 Å². The maximum Gasteiger partial charge on any atom is 0.122 e. The Bertz CT molecular complexity index is 308. The summed E-state index contributed by atoms with van der Waals surface area (Å²) in [6.45, 7) is 2.41. The van der Waals surface area contributed by atoms with E-state index in [1.807, 2.05) is 37.3 Å². The van der Waals surface area contributed by atoms with Crippen molar-refractivity contribution in [1.82, 2.24) is 0 Å². The molecule has 0 spiro atoms. The summed E-state index contributed by atoms with van der Waals surface area (Å²) >= 11 is 0. The molecule has 2 nitrogen and oxygen atoms in total. The van der Waals surface area contributed by atoms with E-state index >= 15 is 0 Å². The molecule has 0 radical (unpaired) electrons. The highest BCUT2D eigenvalue weighted by molar-refractivity contribution is 5.18. The summed E-state index contributed by atoms with van der Waals surface area (Å²) in [6, 6.07) is 9.76. The van der Waals surface area contributed by atoms with Gasteiger partial charge in [0, 0.05) is 6.42 Å². The first-order valence-corrected chi connectivity index (χ1v) is 4.67. The van der Waals surface area contributed by atoms with Crippen molar-refractivity contribution in [1.29, 1.82) is 0 Å². The van der Waals surface area contributed by atoms with E-state index in [4.69, 9.17) is 4.74 Å². The lowest BCUT2D eigenvalue weighted by molar-refractivity contribution is 0.229. The molecule has 14 heavy (non-hydrogen) atoms. The van der Waals surface area contributed by atoms with Crippen molar-refractivity contribution in [2.24, 2.45) is 0 Å². The molecule has 0 amide bonds. The van der Waals surface area contributed by atoms with Crippen molar-refractivity contribution in [2.45, 2.75) is 19.4 Å². The summed E-state index contributed by atoms with van der Waals surface area (Å²) in [6.07, 6.45) is 2.35. The van der Waals surface area contributed by atoms with E-state index < -0.39 is 6.10 Å². The molecule has 1 aromatic carbocycles. The van der Waals surface area contributed by atoms with E-state index in [-0.39, 0.29) is 0 Å². The fraction of sp³-hybridized carbons (Fsp3) is 0.333. The third-order valence-electron chi connectivity index (χ3n) is 1.71. The highest BCUT2D eigenvalue weighted by atomic mass is 16.5. The van der Waals surface area contributed by atoms with Crippen LogP contribution in [0.3, 0.4) is 0 Å². The normalized spacial score (nSPS) is 11.3. The summed E-state index contributed by atoms with van der Waals surface area (Å²) < 4.78 is 4.82. The first-order chi connectivity index (χ1) is 6.83. The maximum absolute atomic E-state index is 9.48. The number of hydrogen-bond donors (Lipinski definition) is 1. The summed E-state index contributed by atoms with van der Waals surface area (Å²) in [4.78, 5) is 0. The molecule has 2 heteroatoms. The molecule has 0 aliphatic rings. The van der Waals surface area contributed by atoms with Gasteiger partial charge in [-0.2, -0.15) is 0 Å². The first kappa shape index (κ1) is 10.6. The van der Waals surface area contributed by atoms with Crippen molar-refractivity contribution < 1.29 is 9.84 Å². The number of benzene rings is 1. The van der Waals surface area contributed by atoms with Crippen LogP contribution < -0.4 is 0 Å². The average molecular weight is 190 g/mol. The topological polar surface area (TPSA) is 29.5 Å². The van der Waals surface area contributed by atoms with Crippen LogP contribution in [-0.2, 0) is 11.2 Å². The summed E-state index contributed by atoms with van der Waals surface area (Å²) in [5.74, 6) is 2.62. The smallest absolute Gasteiger partial charge is 0.122 e. The van der Waals surface area contributed by atoms with Gasteiger partial charge in [0.05, 0.1) is 6.61 Å². The number of rotatable bonds is 3. The van der Waals surface area contributed by atoms with E-state index in [1.54, 1.807) is 0 Å². The van der Waals surface area contributed by atoms with E-state index in [0.717, 1.165) is 5.56 Å². The first-order valence-electron chi connectivity index (χ1n) is 4.67. The van der Waals surface area contributed by atoms with E-state index in [9.17, 15) is 5.11 Å². The van der Waals surface area contributed by atoms with Crippen LogP contribution in [0.2, 0.25) is 0 Å². The van der Waals surface area contributed by atoms with Crippen LogP contribution in [-0.4, -0.2) is 17.8 Å². The highest BCUT2D eigenvalue weighted by Gasteiger charge is 2.00. The summed E-state index contributed by atoms with van der Waals surface area (Å²) in [5.41, 5.74) is 1.07. The molecule has 1 N–H and O–H groups in total. The molecule has 1 atom stereocenters. The van der Waals surface area contributed by atoms with E-state index in [1.165, 1.54) is 0 Å². The minimum atomic E-state index is -0.649. The van der Waals surface area contributed by atoms with Gasteiger partial charge in [-0.1, -0.05) is 30.3 Å². The third kappa shape index (κ3) is 3.97. The third-order valence-corrected chi connectivity index (χ3v) is 1.71. The lowest BCUT2D eigenvalue weighted by Crippen LogP contribution is -2.07. The minimum Gasteiger partial charge on any atom is -0.447 e. The maximum atomic E-state index is 9.48. The number of ether oxygens (including phenoxy) is 1. The van der Waals surface area contributed by atoms with Gasteiger partial charge in [0.1, 0.15) is 12.2 Å². The Balaban J connectivity index is 2.42. The number of hydrogen-bond acceptors (Lipinski definition) is 2. The molecule has 0 heterocycles. The molecule has 1 rings (SSSR count). The zero-order valence-electron chi connectivity index (χ0n) is 8.23. The SMILES string of the molecule is CCOC#CC(O)Cc1ccccc1. The summed E-state index contributed by atoms with van der Waals surface area (Å²) in [7, 11) is 0. The highest BCUT2D eigenvalue weighted by Crippen LogP contribution is 2.01. The molecule has 0 saturated heterocycles. The quantitative estimate of drug-likeness (QED) is 0.733. The zero-order valence-corrected chi connectivity index (χ0v) is 8.23. The fourth-order valence-electron chi connectivity index (χ4n) is 1.07. The van der Waals surface area contributed by atoms with Crippen LogP contribution in [0.1, 0.15) is 12.5 Å². The molecular weight excluding hydrogens is 176 g/mol. The van der Waals surface area contributed by atoms with Gasteiger partial charge in [-0.25, -0.2) is 0 Å². The second kappa shape index (κ2) is 6.06. The van der Waals surface area contributed by atoms with Gasteiger partial charge in [-0.15, -0.1) is 0 Å². The van der Waals surface area contributed by atoms with Crippen molar-refractivity contribution >= 4 is 0 Å². The largest absolute Gasteiger partial charge is 0.447 e. The lowest BCUT2D eigenvalue weighted by Gasteiger charge is -2.02. The number of aliphatic hydroxyl groups is 1. The Kier molecular flexibility index (Phi) is 4.60. The second-order valence-corrected chi connectivity index (χ2v) is 2.88. The zero-order chi connectivity index (χ0) is 10.2. The predicted octanol–water partition coefficient (Wildman–Crippen LogP) is 1.59. The molecule has 1 aromatic rings. The van der Waals surface area contributed by atoms with E-state index in [0.29, 0.717) is 13.0 Å². The minimum absolute atomic E-state index is 0.543. The Morgan fingerprint density at radius 2 is 2.07 bits per heavy atom. The number of aliphatic hydroxyl groups excluding tert-OH is 1. The van der Waals surface area contributed by atoms with Gasteiger partial charge in [-0.3, -0.25) is 0 Å². The van der Waals surface area contributed by atoms with Crippen molar-refractivity contribution in [3.63, 3.8) is 0 Å². The molecule has 0 aliphatic carbocycles. The van der Waals surface area contributed by atoms with Crippen molar-refractivity contribution in [3.05, 3.63) is 35.9 Å². The standard InChI is InChI=1S/C12H14O2/c1-2-14-9-8-12(13)10-11-6-4-3-5-7-11/h3-7,12-13H,2,10H2,1H3. The molecule has 0 saturated carbocycles. The Morgan fingerprint density at radius 3 is 2.71 bits per heavy atom. The van der Waals surface area contributed by atoms with Crippen LogP contribution in [0, 0.1) is 12.0 Å². The van der Waals surface area contributed by atoms with Gasteiger partial charge in [0.2, 0.25) is 0 Å². The second-order valence-electron chi connectivity index (χ2n) is 2.88. The fourth-order valence-corrected chi connectivity index (χ4v) is 1.07. The van der Waals surface area contributed by atoms with Gasteiger partial charge in [0.15, 0.2) is 0 Å². The molecular formula is C12H14O2. The Morgan fingerprint density at radius 1 is 1.36 bits per heavy atom. The summed E-state index contributed by atoms with van der Waals surface area (Å²) in [5, 5.41) is 9.48. The molecule has 0 bridgehead atoms. The van der Waals surface area contributed by atoms with Gasteiger partial charge < -0.3 is 9.84 Å². The molecule has 0 aliphatic heterocycles. The Labute approximate surface area is 84.5 Å². The monoisotopic (exact) mass is 190 g/mol. The van der Waals surface area contributed by atoms with Gasteiger partial charge >= 0.3 is 0 Å². The lowest BCUT2D eigenvalue weighted by atomic mass is 10.1. The van der Waals surface area contributed by atoms with Crippen LogP contribution in [0.5, 0.6) is 0 Å². The van der Waals surface area contributed by atoms with Crippen LogP contribution in [0.25, 0.3) is 0 Å². The molecule has 0 aromatic heterocycles. The molecule has 1 unspecified atom stereocenters. The van der Waals surface area contributed by atoms with Gasteiger partial charge in [0.25, 0.3) is 0 Å². The Hall–Kier alpha value is -1.46. The van der Waals surface area contributed by atoms with Crippen LogP contribution >= 0.6 is 0 Å². The van der Waals surface area contributed by atoms with Crippen LogP contribution in [0.15, 0.2) is 30.3 Å². The van der Waals surface area contributed by atoms with Gasteiger partial charge in [-0.05, 0) is 18.4 Å². The average Bonchev–Trinajstić information content (AvgIpc) is 2.20. The van der Waals surface area contributed by atoms with Crippen molar-refractivity contribution in [3.8, 4) is 12.0 Å². The van der Waals surface area contributed by atoms with Crippen molar-refractivity contribution in [2.75, 3.05) is 6.61 Å². The predicted molar refractivity (Wildman–Crippen MR) is 55.6 cm³/mol. The molecule has 74 valence electrons. The molecule has 0 fully saturated rings.